The van der Waals surface area contributed by atoms with Gasteiger partial charge >= 0.3 is 0 Å². The number of β-amino-alcohol motifs (C(OH)–C–C–N with tert-alkyl or cyclic N) is 1. The number of aryl methyl sites for hydroxylation is 1. The minimum atomic E-state index is -0.429. The van der Waals surface area contributed by atoms with Crippen LogP contribution in [0.15, 0.2) is 18.2 Å². The molecule has 2 N–H and O–H groups in total. The van der Waals surface area contributed by atoms with Crippen molar-refractivity contribution in [2.75, 3.05) is 18.4 Å². The third-order valence-electron chi connectivity index (χ3n) is 3.50. The molecule has 1 aliphatic heterocycles. The number of amides is 1. The van der Waals surface area contributed by atoms with Gasteiger partial charge in [0.2, 0.25) is 5.91 Å². The maximum Gasteiger partial charge on any atom is 0.241 e. The van der Waals surface area contributed by atoms with Gasteiger partial charge in [-0.3, -0.25) is 9.69 Å². The average Bonchev–Trinajstić information content (AvgIpc) is 2.78. The Hall–Kier alpha value is -1.46. The van der Waals surface area contributed by atoms with Gasteiger partial charge in [0.05, 0.1) is 17.8 Å². The summed E-state index contributed by atoms with van der Waals surface area (Å²) in [6.45, 7) is 4.74. The molecule has 0 radical (unpaired) electrons. The van der Waals surface area contributed by atoms with Crippen LogP contribution in [-0.2, 0) is 4.79 Å². The molecule has 0 bridgehead atoms. The molecule has 0 saturated carbocycles. The number of nitrogens with zero attached hydrogens (tertiary/aromatic N) is 1. The number of aliphatic hydroxyl groups excluding tert-OH is 1. The molecule has 19 heavy (non-hydrogen) atoms. The van der Waals surface area contributed by atoms with Gasteiger partial charge in [0.1, 0.15) is 5.82 Å². The molecule has 2 rings (SSSR count). The number of aliphatic hydroxyl groups is 1. The van der Waals surface area contributed by atoms with E-state index < -0.39 is 5.82 Å². The van der Waals surface area contributed by atoms with Crippen LogP contribution >= 0.6 is 0 Å². The SMILES string of the molecule is Cc1ccc(NC(=O)C(C)N2CC[C@H](O)C2)c(F)c1. The van der Waals surface area contributed by atoms with Crippen molar-refractivity contribution in [2.45, 2.75) is 32.4 Å². The fraction of sp³-hybridized carbons (Fsp3) is 0.500. The van der Waals surface area contributed by atoms with Crippen LogP contribution in [0, 0.1) is 12.7 Å². The predicted molar refractivity (Wildman–Crippen MR) is 71.4 cm³/mol. The molecule has 1 amide bonds. The standard InChI is InChI=1S/C14H19FN2O2/c1-9-3-4-13(12(15)7-9)16-14(19)10(2)17-6-5-11(18)8-17/h3-4,7,10-11,18H,5-6,8H2,1-2H3,(H,16,19)/t10?,11-/m0/s1. The molecule has 1 aliphatic rings. The number of carbonyl (C=O) groups is 1. The zero-order chi connectivity index (χ0) is 14.0. The first-order valence-corrected chi connectivity index (χ1v) is 6.46. The van der Waals surface area contributed by atoms with E-state index in [1.807, 2.05) is 4.90 Å². The molecule has 104 valence electrons. The number of hydrogen-bond donors (Lipinski definition) is 2. The number of anilines is 1. The van der Waals surface area contributed by atoms with E-state index in [0.29, 0.717) is 19.5 Å². The minimum Gasteiger partial charge on any atom is -0.392 e. The van der Waals surface area contributed by atoms with Crippen LogP contribution in [0.3, 0.4) is 0 Å². The zero-order valence-corrected chi connectivity index (χ0v) is 11.2. The van der Waals surface area contributed by atoms with Crippen LogP contribution in [0.5, 0.6) is 0 Å². The van der Waals surface area contributed by atoms with Crippen molar-refractivity contribution in [1.82, 2.24) is 4.90 Å². The Morgan fingerprint density at radius 3 is 2.89 bits per heavy atom. The lowest BCUT2D eigenvalue weighted by atomic mass is 10.2. The number of benzene rings is 1. The van der Waals surface area contributed by atoms with Crippen molar-refractivity contribution in [3.05, 3.63) is 29.6 Å². The molecule has 0 aromatic heterocycles. The lowest BCUT2D eigenvalue weighted by Gasteiger charge is -2.23. The minimum absolute atomic E-state index is 0.196. The van der Waals surface area contributed by atoms with E-state index >= 15 is 0 Å². The van der Waals surface area contributed by atoms with Crippen LogP contribution in [0.25, 0.3) is 0 Å². The topological polar surface area (TPSA) is 52.6 Å². The first-order chi connectivity index (χ1) is 8.97. The van der Waals surface area contributed by atoms with Gasteiger partial charge in [0.25, 0.3) is 0 Å². The van der Waals surface area contributed by atoms with E-state index in [9.17, 15) is 14.3 Å². The largest absolute Gasteiger partial charge is 0.392 e. The van der Waals surface area contributed by atoms with Gasteiger partial charge in [-0.25, -0.2) is 4.39 Å². The molecule has 1 fully saturated rings. The van der Waals surface area contributed by atoms with Crippen molar-refractivity contribution < 1.29 is 14.3 Å². The Morgan fingerprint density at radius 1 is 1.58 bits per heavy atom. The summed E-state index contributed by atoms with van der Waals surface area (Å²) in [7, 11) is 0. The zero-order valence-electron chi connectivity index (χ0n) is 11.2. The average molecular weight is 266 g/mol. The molecule has 1 aromatic carbocycles. The number of hydrogen-bond acceptors (Lipinski definition) is 3. The lowest BCUT2D eigenvalue weighted by Crippen LogP contribution is -2.41. The Labute approximate surface area is 112 Å². The highest BCUT2D eigenvalue weighted by Crippen LogP contribution is 2.17. The molecule has 1 unspecified atom stereocenters. The van der Waals surface area contributed by atoms with E-state index in [1.54, 1.807) is 26.0 Å². The number of halogens is 1. The summed E-state index contributed by atoms with van der Waals surface area (Å²) >= 11 is 0. The highest BCUT2D eigenvalue weighted by atomic mass is 19.1. The van der Waals surface area contributed by atoms with Gasteiger partial charge in [0, 0.05) is 13.1 Å². The van der Waals surface area contributed by atoms with Gasteiger partial charge in [-0.15, -0.1) is 0 Å². The molecule has 4 nitrogen and oxygen atoms in total. The molecule has 0 spiro atoms. The van der Waals surface area contributed by atoms with Gasteiger partial charge in [-0.05, 0) is 38.0 Å². The third kappa shape index (κ3) is 3.30. The van der Waals surface area contributed by atoms with Crippen LogP contribution in [0.2, 0.25) is 0 Å². The maximum absolute atomic E-state index is 13.6. The summed E-state index contributed by atoms with van der Waals surface area (Å²) in [4.78, 5) is 13.9. The molecule has 1 aromatic rings. The Morgan fingerprint density at radius 2 is 2.32 bits per heavy atom. The van der Waals surface area contributed by atoms with Gasteiger partial charge < -0.3 is 10.4 Å². The lowest BCUT2D eigenvalue weighted by molar-refractivity contribution is -0.120. The molecule has 2 atom stereocenters. The molecular weight excluding hydrogens is 247 g/mol. The first-order valence-electron chi connectivity index (χ1n) is 6.46. The summed E-state index contributed by atoms with van der Waals surface area (Å²) in [5.74, 6) is -0.682. The molecular formula is C14H19FN2O2. The highest BCUT2D eigenvalue weighted by Gasteiger charge is 2.28. The smallest absolute Gasteiger partial charge is 0.241 e. The number of rotatable bonds is 3. The fourth-order valence-electron chi connectivity index (χ4n) is 2.24. The molecule has 1 saturated heterocycles. The van der Waals surface area contributed by atoms with Crippen LogP contribution < -0.4 is 5.32 Å². The van der Waals surface area contributed by atoms with E-state index in [-0.39, 0.29) is 23.7 Å². The fourth-order valence-corrected chi connectivity index (χ4v) is 2.24. The van der Waals surface area contributed by atoms with Crippen LogP contribution in [0.1, 0.15) is 18.9 Å². The number of likely N-dealkylation sites (tertiary alicyclic amines) is 1. The van der Waals surface area contributed by atoms with Crippen molar-refractivity contribution in [2.24, 2.45) is 0 Å². The van der Waals surface area contributed by atoms with Crippen molar-refractivity contribution in [3.8, 4) is 0 Å². The van der Waals surface area contributed by atoms with E-state index in [1.165, 1.54) is 6.07 Å². The summed E-state index contributed by atoms with van der Waals surface area (Å²) in [6.07, 6.45) is 0.308. The first kappa shape index (κ1) is 14.0. The van der Waals surface area contributed by atoms with E-state index in [0.717, 1.165) is 5.56 Å². The number of nitrogens with one attached hydrogen (secondary N) is 1. The number of carbonyl (C=O) groups excluding carboxylic acids is 1. The van der Waals surface area contributed by atoms with Crippen molar-refractivity contribution in [1.29, 1.82) is 0 Å². The third-order valence-corrected chi connectivity index (χ3v) is 3.50. The maximum atomic E-state index is 13.6. The molecule has 5 heteroatoms. The quantitative estimate of drug-likeness (QED) is 0.872. The normalized spacial score (nSPS) is 21.4. The summed E-state index contributed by atoms with van der Waals surface area (Å²) in [5, 5.41) is 12.1. The molecule has 1 heterocycles. The Kier molecular flexibility index (Phi) is 4.17. The Balaban J connectivity index is 2.00. The second kappa shape index (κ2) is 5.67. The van der Waals surface area contributed by atoms with Crippen molar-refractivity contribution >= 4 is 11.6 Å². The van der Waals surface area contributed by atoms with Gasteiger partial charge in [0.15, 0.2) is 0 Å². The second-order valence-electron chi connectivity index (χ2n) is 5.09. The summed E-state index contributed by atoms with van der Waals surface area (Å²) < 4.78 is 13.6. The predicted octanol–water partition coefficient (Wildman–Crippen LogP) is 1.53. The highest BCUT2D eigenvalue weighted by molar-refractivity contribution is 5.94. The van der Waals surface area contributed by atoms with Gasteiger partial charge in [-0.1, -0.05) is 6.07 Å². The van der Waals surface area contributed by atoms with Gasteiger partial charge in [-0.2, -0.15) is 0 Å². The summed E-state index contributed by atoms with van der Waals surface area (Å²) in [6, 6.07) is 4.33. The van der Waals surface area contributed by atoms with E-state index in [4.69, 9.17) is 0 Å². The summed E-state index contributed by atoms with van der Waals surface area (Å²) in [5.41, 5.74) is 1.01. The van der Waals surface area contributed by atoms with E-state index in [2.05, 4.69) is 5.32 Å². The van der Waals surface area contributed by atoms with Crippen LogP contribution in [0.4, 0.5) is 10.1 Å². The second-order valence-corrected chi connectivity index (χ2v) is 5.09. The Bertz CT molecular complexity index is 479. The molecule has 0 aliphatic carbocycles. The van der Waals surface area contributed by atoms with Crippen LogP contribution in [-0.4, -0.2) is 41.1 Å². The monoisotopic (exact) mass is 266 g/mol. The van der Waals surface area contributed by atoms with Crippen molar-refractivity contribution in [3.63, 3.8) is 0 Å².